The monoisotopic (exact) mass is 341 g/mol. The number of halogens is 1. The maximum absolute atomic E-state index is 4.68. The van der Waals surface area contributed by atoms with E-state index in [1.54, 1.807) is 12.4 Å². The quantitative estimate of drug-likeness (QED) is 0.545. The second-order valence-corrected chi connectivity index (χ2v) is 4.85. The van der Waals surface area contributed by atoms with E-state index in [-0.39, 0.29) is 17.0 Å². The first-order valence-corrected chi connectivity index (χ1v) is 6.02. The minimum absolute atomic E-state index is 0. The predicted molar refractivity (Wildman–Crippen MR) is 78.0 cm³/mol. The molecule has 1 aliphatic rings. The van der Waals surface area contributed by atoms with Crippen LogP contribution in [0.5, 0.6) is 0 Å². The van der Waals surface area contributed by atoms with Crippen molar-refractivity contribution in [3.8, 4) is 0 Å². The summed E-state index contributed by atoms with van der Waals surface area (Å²) in [4.78, 5) is 6.67. The van der Waals surface area contributed by atoms with Crippen LogP contribution in [-0.4, -0.2) is 72.4 Å². The maximum atomic E-state index is 4.68. The molecule has 7 nitrogen and oxygen atoms in total. The van der Waals surface area contributed by atoms with Crippen LogP contribution in [0, 0.1) is 0 Å². The first-order chi connectivity index (χ1) is 8.91. The van der Waals surface area contributed by atoms with Crippen molar-refractivity contribution in [3.05, 3.63) is 6.20 Å². The number of nitrogens with zero attached hydrogens (tertiary/aromatic N) is 7. The average Bonchev–Trinajstić information content (AvgIpc) is 2.83. The highest BCUT2D eigenvalue weighted by Gasteiger charge is 2.28. The van der Waals surface area contributed by atoms with Gasteiger partial charge in [-0.05, 0) is 0 Å². The Morgan fingerprint density at radius 2 is 1.90 bits per heavy atom. The number of rotatable bonds is 2. The third kappa shape index (κ3) is 2.90. The van der Waals surface area contributed by atoms with Gasteiger partial charge in [0.1, 0.15) is 18.9 Å². The van der Waals surface area contributed by atoms with Crippen LogP contribution in [0.4, 0.5) is 11.5 Å². The van der Waals surface area contributed by atoms with Crippen molar-refractivity contribution >= 4 is 29.3 Å². The molecular formula is C12H20BrN7. The molecule has 1 aromatic heterocycles. The summed E-state index contributed by atoms with van der Waals surface area (Å²) in [5, 5.41) is 10.3. The molecule has 0 aliphatic carbocycles. The van der Waals surface area contributed by atoms with Gasteiger partial charge in [-0.2, -0.15) is 5.10 Å². The summed E-state index contributed by atoms with van der Waals surface area (Å²) in [5.74, 6) is 1.93. The molecule has 8 heteroatoms. The van der Waals surface area contributed by atoms with Crippen molar-refractivity contribution in [2.75, 3.05) is 40.1 Å². The first-order valence-electron chi connectivity index (χ1n) is 6.02. The van der Waals surface area contributed by atoms with E-state index < -0.39 is 0 Å². The van der Waals surface area contributed by atoms with Gasteiger partial charge in [-0.25, -0.2) is 4.99 Å². The summed E-state index contributed by atoms with van der Waals surface area (Å²) < 4.78 is 3.81. The molecule has 0 saturated carbocycles. The van der Waals surface area contributed by atoms with Crippen LogP contribution in [0.2, 0.25) is 0 Å². The van der Waals surface area contributed by atoms with Gasteiger partial charge in [0, 0.05) is 21.1 Å². The molecule has 0 aromatic carbocycles. The van der Waals surface area contributed by atoms with Crippen LogP contribution >= 0.6 is 0 Å². The Balaban J connectivity index is 0.00000200. The number of amidine groups is 1. The minimum atomic E-state index is 0. The summed E-state index contributed by atoms with van der Waals surface area (Å²) in [6.07, 6.45) is 3.53. The molecule has 1 aliphatic heterocycles. The van der Waals surface area contributed by atoms with E-state index in [0.29, 0.717) is 0 Å². The molecule has 2 heterocycles. The third-order valence-corrected chi connectivity index (χ3v) is 2.87. The second-order valence-electron chi connectivity index (χ2n) is 4.85. The Morgan fingerprint density at radius 1 is 1.25 bits per heavy atom. The zero-order valence-corrected chi connectivity index (χ0v) is 14.2. The molecule has 0 N–H and O–H groups in total. The van der Waals surface area contributed by atoms with E-state index in [1.807, 2.05) is 61.5 Å². The summed E-state index contributed by atoms with van der Waals surface area (Å²) >= 11 is 0. The van der Waals surface area contributed by atoms with Crippen LogP contribution in [0.15, 0.2) is 16.3 Å². The highest BCUT2D eigenvalue weighted by Crippen LogP contribution is 2.26. The first kappa shape index (κ1) is 16.4. The minimum Gasteiger partial charge on any atom is -1.00 e. The molecule has 0 fully saturated rings. The lowest BCUT2D eigenvalue weighted by Crippen LogP contribution is -3.00. The van der Waals surface area contributed by atoms with E-state index in [1.165, 1.54) is 0 Å². The molecule has 1 aromatic rings. The smallest absolute Gasteiger partial charge is 0.324 e. The number of hydrogen-bond donors (Lipinski definition) is 0. The van der Waals surface area contributed by atoms with Gasteiger partial charge in [0.05, 0.1) is 20.3 Å². The van der Waals surface area contributed by atoms with Crippen LogP contribution in [0.1, 0.15) is 0 Å². The Labute approximate surface area is 129 Å². The number of aryl methyl sites for hydroxylation is 1. The fraction of sp³-hybridized carbons (Fsp3) is 0.500. The van der Waals surface area contributed by atoms with Gasteiger partial charge in [0.2, 0.25) is 0 Å². The van der Waals surface area contributed by atoms with Gasteiger partial charge in [-0.1, -0.05) is 5.10 Å². The molecule has 0 amide bonds. The van der Waals surface area contributed by atoms with Gasteiger partial charge in [-0.15, -0.1) is 5.01 Å². The molecule has 0 saturated heterocycles. The van der Waals surface area contributed by atoms with Crippen molar-refractivity contribution < 1.29 is 21.6 Å². The molecule has 0 radical (unpaired) electrons. The molecule has 0 unspecified atom stereocenters. The zero-order chi connectivity index (χ0) is 14.2. The van der Waals surface area contributed by atoms with E-state index in [9.17, 15) is 0 Å². The van der Waals surface area contributed by atoms with Crippen molar-refractivity contribution in [1.29, 1.82) is 0 Å². The Bertz CT molecular complexity index is 579. The number of hydrazone groups is 1. The average molecular weight is 342 g/mol. The van der Waals surface area contributed by atoms with Crippen molar-refractivity contribution in [3.63, 3.8) is 0 Å². The summed E-state index contributed by atoms with van der Waals surface area (Å²) in [6.45, 7) is 0. The lowest BCUT2D eigenvalue weighted by molar-refractivity contribution is -0.467. The van der Waals surface area contributed by atoms with E-state index in [2.05, 4.69) is 15.2 Å². The van der Waals surface area contributed by atoms with Crippen LogP contribution in [-0.2, 0) is 7.05 Å². The van der Waals surface area contributed by atoms with Gasteiger partial charge in [0.15, 0.2) is 11.5 Å². The molecule has 0 spiro atoms. The fourth-order valence-electron chi connectivity index (χ4n) is 2.16. The van der Waals surface area contributed by atoms with Crippen molar-refractivity contribution in [2.24, 2.45) is 17.1 Å². The van der Waals surface area contributed by atoms with Crippen LogP contribution < -0.4 is 21.9 Å². The number of aliphatic imine (C=N–C) groups is 1. The normalized spacial score (nSPS) is 15.8. The number of aromatic nitrogens is 2. The van der Waals surface area contributed by atoms with E-state index in [4.69, 9.17) is 0 Å². The lowest BCUT2D eigenvalue weighted by Gasteiger charge is -2.13. The molecule has 110 valence electrons. The van der Waals surface area contributed by atoms with Crippen LogP contribution in [0.3, 0.4) is 0 Å². The van der Waals surface area contributed by atoms with Crippen molar-refractivity contribution in [1.82, 2.24) is 14.8 Å². The Kier molecular flexibility index (Phi) is 5.04. The fourth-order valence-corrected chi connectivity index (χ4v) is 2.16. The standard InChI is InChI=1S/C12H20N7.BrH/c1-16(2)11-9(7-13-18(11)5)15-10-8-14-19(6)12(10)17(3)4;/h7-8H,1-6H3;1H/q+1;/p-1. The SMILES string of the molecule is CN1N=CC(=Nc2cnn(C)c2N(C)C)C1=[N+](C)C.[Br-]. The largest absolute Gasteiger partial charge is 1.00 e. The van der Waals surface area contributed by atoms with Crippen LogP contribution in [0.25, 0.3) is 0 Å². The van der Waals surface area contributed by atoms with E-state index >= 15 is 0 Å². The molecule has 0 atom stereocenters. The summed E-state index contributed by atoms with van der Waals surface area (Å²) in [6, 6.07) is 0. The number of hydrogen-bond acceptors (Lipinski definition) is 4. The highest BCUT2D eigenvalue weighted by molar-refractivity contribution is 6.63. The maximum Gasteiger partial charge on any atom is 0.324 e. The van der Waals surface area contributed by atoms with Gasteiger partial charge >= 0.3 is 5.84 Å². The topological polar surface area (TPSA) is 52.0 Å². The third-order valence-electron chi connectivity index (χ3n) is 2.87. The number of anilines is 1. The molecule has 0 bridgehead atoms. The lowest BCUT2D eigenvalue weighted by atomic mass is 10.3. The molecule has 2 rings (SSSR count). The van der Waals surface area contributed by atoms with Gasteiger partial charge in [0.25, 0.3) is 0 Å². The molecular weight excluding hydrogens is 322 g/mol. The highest BCUT2D eigenvalue weighted by atomic mass is 79.9. The Hall–Kier alpha value is -1.70. The zero-order valence-electron chi connectivity index (χ0n) is 12.7. The second kappa shape index (κ2) is 6.17. The Morgan fingerprint density at radius 3 is 2.45 bits per heavy atom. The molecule has 20 heavy (non-hydrogen) atoms. The van der Waals surface area contributed by atoms with E-state index in [0.717, 1.165) is 23.1 Å². The summed E-state index contributed by atoms with van der Waals surface area (Å²) in [7, 11) is 11.7. The van der Waals surface area contributed by atoms with Crippen molar-refractivity contribution in [2.45, 2.75) is 0 Å². The predicted octanol–water partition coefficient (Wildman–Crippen LogP) is -2.84. The van der Waals surface area contributed by atoms with Gasteiger partial charge < -0.3 is 21.9 Å². The van der Waals surface area contributed by atoms with Gasteiger partial charge in [-0.3, -0.25) is 9.26 Å². The summed E-state index contributed by atoms with van der Waals surface area (Å²) in [5.41, 5.74) is 1.67.